The molecule has 2 aliphatic rings. The molecule has 3 aromatic rings. The van der Waals surface area contributed by atoms with Gasteiger partial charge < -0.3 is 4.74 Å². The second kappa shape index (κ2) is 7.12. The number of amides is 4. The van der Waals surface area contributed by atoms with Crippen LogP contribution in [0.4, 0.5) is 5.69 Å². The van der Waals surface area contributed by atoms with Gasteiger partial charge in [0.15, 0.2) is 6.23 Å². The molecule has 0 aromatic heterocycles. The van der Waals surface area contributed by atoms with Crippen LogP contribution in [-0.4, -0.2) is 41.2 Å². The second-order valence-corrected chi connectivity index (χ2v) is 7.43. The number of carbonyl (C=O) groups is 5. The highest BCUT2D eigenvalue weighted by molar-refractivity contribution is 6.39. The molecule has 1 unspecified atom stereocenters. The third-order valence-corrected chi connectivity index (χ3v) is 5.79. The van der Waals surface area contributed by atoms with E-state index in [0.29, 0.717) is 5.69 Å². The van der Waals surface area contributed by atoms with Gasteiger partial charge in [0, 0.05) is 39.4 Å². The Morgan fingerprint density at radius 3 is 1.66 bits per heavy atom. The summed E-state index contributed by atoms with van der Waals surface area (Å²) < 4.78 is 4.95. The maximum absolute atomic E-state index is 13.3. The number of nitrogens with zero attached hydrogens (tertiary/aromatic N) is 2. The van der Waals surface area contributed by atoms with Crippen LogP contribution in [-0.2, 0) is 9.53 Å². The van der Waals surface area contributed by atoms with E-state index in [-0.39, 0.29) is 45.9 Å². The van der Waals surface area contributed by atoms with Gasteiger partial charge in [-0.3, -0.25) is 24.0 Å². The summed E-state index contributed by atoms with van der Waals surface area (Å²) in [5.41, 5.74) is 1.23. The Bertz CT molecular complexity index is 1280. The third-order valence-electron chi connectivity index (χ3n) is 5.79. The van der Waals surface area contributed by atoms with Crippen LogP contribution in [0.1, 0.15) is 54.8 Å². The van der Waals surface area contributed by atoms with Crippen LogP contribution in [0.3, 0.4) is 0 Å². The number of ether oxygens (including phenoxy) is 1. The van der Waals surface area contributed by atoms with Crippen molar-refractivity contribution in [3.8, 4) is 0 Å². The van der Waals surface area contributed by atoms with Gasteiger partial charge in [0.1, 0.15) is 0 Å². The van der Waals surface area contributed by atoms with Crippen LogP contribution >= 0.6 is 0 Å². The number of hydrogen-bond donors (Lipinski definition) is 0. The van der Waals surface area contributed by atoms with Crippen molar-refractivity contribution >= 4 is 46.6 Å². The van der Waals surface area contributed by atoms with E-state index in [4.69, 9.17) is 4.74 Å². The van der Waals surface area contributed by atoms with Crippen molar-refractivity contribution in [1.82, 2.24) is 4.90 Å². The summed E-state index contributed by atoms with van der Waals surface area (Å²) in [5, 5.41) is 0.550. The fraction of sp³-hybridized carbons (Fsp3) is 0.125. The van der Waals surface area contributed by atoms with E-state index in [2.05, 4.69) is 0 Å². The van der Waals surface area contributed by atoms with Crippen molar-refractivity contribution in [2.24, 2.45) is 0 Å². The standard InChI is InChI=1S/C24H16N2O6/c1-2-18(32-12-27)26-23(30)16-10-8-14-19-15(9-11-17(20(16)19)24(26)31)22(29)25(21(14)28)13-6-4-3-5-7-13/h3-12,18H,2H2,1H3. The Morgan fingerprint density at radius 2 is 1.22 bits per heavy atom. The molecule has 0 bridgehead atoms. The first-order valence-electron chi connectivity index (χ1n) is 10.00. The molecule has 8 nitrogen and oxygen atoms in total. The zero-order valence-corrected chi connectivity index (χ0v) is 16.9. The fourth-order valence-corrected chi connectivity index (χ4v) is 4.37. The molecule has 8 heteroatoms. The highest BCUT2D eigenvalue weighted by Gasteiger charge is 2.42. The first kappa shape index (κ1) is 19.6. The molecule has 3 aromatic carbocycles. The van der Waals surface area contributed by atoms with Crippen LogP contribution in [0.2, 0.25) is 0 Å². The monoisotopic (exact) mass is 428 g/mol. The normalized spacial score (nSPS) is 15.9. The van der Waals surface area contributed by atoms with Gasteiger partial charge in [-0.15, -0.1) is 0 Å². The average Bonchev–Trinajstić information content (AvgIpc) is 2.81. The van der Waals surface area contributed by atoms with Crippen LogP contribution in [0.15, 0.2) is 54.6 Å². The predicted molar refractivity (Wildman–Crippen MR) is 113 cm³/mol. The van der Waals surface area contributed by atoms with Gasteiger partial charge in [-0.1, -0.05) is 25.1 Å². The minimum atomic E-state index is -1.06. The first-order chi connectivity index (χ1) is 15.5. The molecule has 32 heavy (non-hydrogen) atoms. The van der Waals surface area contributed by atoms with Crippen LogP contribution in [0.5, 0.6) is 0 Å². The van der Waals surface area contributed by atoms with Crippen molar-refractivity contribution in [2.75, 3.05) is 4.90 Å². The molecule has 1 atom stereocenters. The Balaban J connectivity index is 1.73. The van der Waals surface area contributed by atoms with Gasteiger partial charge in [-0.2, -0.15) is 0 Å². The molecule has 158 valence electrons. The minimum Gasteiger partial charge on any atom is -0.443 e. The van der Waals surface area contributed by atoms with Gasteiger partial charge in [-0.25, -0.2) is 9.80 Å². The SMILES string of the molecule is CCC(OC=O)N1C(=O)c2ccc3c4c(ccc(c24)C1=O)C(=O)N(c1ccccc1)C3=O. The predicted octanol–water partition coefficient (Wildman–Crippen LogP) is 3.15. The summed E-state index contributed by atoms with van der Waals surface area (Å²) in [4.78, 5) is 65.8. The molecule has 2 aliphatic heterocycles. The maximum atomic E-state index is 13.3. The number of rotatable bonds is 5. The third kappa shape index (κ3) is 2.52. The number of para-hydroxylation sites is 1. The lowest BCUT2D eigenvalue weighted by Crippen LogP contribution is -2.48. The molecule has 0 aliphatic carbocycles. The Morgan fingerprint density at radius 1 is 0.750 bits per heavy atom. The Kier molecular flexibility index (Phi) is 4.37. The fourth-order valence-electron chi connectivity index (χ4n) is 4.37. The van der Waals surface area contributed by atoms with Gasteiger partial charge in [0.05, 0.1) is 5.69 Å². The number of imide groups is 2. The van der Waals surface area contributed by atoms with Gasteiger partial charge in [-0.05, 0) is 36.4 Å². The van der Waals surface area contributed by atoms with E-state index in [1.165, 1.54) is 24.3 Å². The summed E-state index contributed by atoms with van der Waals surface area (Å²) in [6.07, 6.45) is -0.840. The lowest BCUT2D eigenvalue weighted by atomic mass is 9.85. The van der Waals surface area contributed by atoms with E-state index < -0.39 is 29.9 Å². The largest absolute Gasteiger partial charge is 0.443 e. The van der Waals surface area contributed by atoms with Gasteiger partial charge >= 0.3 is 0 Å². The van der Waals surface area contributed by atoms with Crippen LogP contribution < -0.4 is 4.90 Å². The second-order valence-electron chi connectivity index (χ2n) is 7.43. The quantitative estimate of drug-likeness (QED) is 0.457. The van der Waals surface area contributed by atoms with Crippen molar-refractivity contribution in [3.05, 3.63) is 76.9 Å². The molecular weight excluding hydrogens is 412 g/mol. The molecule has 5 rings (SSSR count). The molecule has 2 heterocycles. The lowest BCUT2D eigenvalue weighted by Gasteiger charge is -2.34. The number of anilines is 1. The molecule has 0 fully saturated rings. The summed E-state index contributed by atoms with van der Waals surface area (Å²) in [6.45, 7) is 1.87. The van der Waals surface area contributed by atoms with Crippen molar-refractivity contribution in [2.45, 2.75) is 19.6 Å². The van der Waals surface area contributed by atoms with E-state index in [9.17, 15) is 24.0 Å². The summed E-state index contributed by atoms with van der Waals surface area (Å²) in [5.74, 6) is -2.36. The van der Waals surface area contributed by atoms with Gasteiger partial charge in [0.25, 0.3) is 30.1 Å². The maximum Gasteiger partial charge on any atom is 0.295 e. The number of benzene rings is 3. The van der Waals surface area contributed by atoms with Crippen molar-refractivity contribution < 1.29 is 28.7 Å². The Labute approximate surface area is 182 Å². The molecule has 0 spiro atoms. The van der Waals surface area contributed by atoms with E-state index in [1.807, 2.05) is 0 Å². The minimum absolute atomic E-state index is 0.168. The topological polar surface area (TPSA) is 101 Å². The van der Waals surface area contributed by atoms with Crippen LogP contribution in [0.25, 0.3) is 10.8 Å². The summed E-state index contributed by atoms with van der Waals surface area (Å²) in [7, 11) is 0. The summed E-state index contributed by atoms with van der Waals surface area (Å²) >= 11 is 0. The Hall–Kier alpha value is -4.33. The number of hydrogen-bond acceptors (Lipinski definition) is 6. The van der Waals surface area contributed by atoms with E-state index in [0.717, 1.165) is 9.80 Å². The molecular formula is C24H16N2O6. The highest BCUT2D eigenvalue weighted by atomic mass is 16.5. The first-order valence-corrected chi connectivity index (χ1v) is 10.00. The van der Waals surface area contributed by atoms with E-state index >= 15 is 0 Å². The number of carbonyl (C=O) groups excluding carboxylic acids is 5. The molecule has 0 saturated heterocycles. The van der Waals surface area contributed by atoms with Crippen LogP contribution in [0, 0.1) is 0 Å². The lowest BCUT2D eigenvalue weighted by molar-refractivity contribution is -0.139. The zero-order valence-electron chi connectivity index (χ0n) is 16.9. The molecule has 0 N–H and O–H groups in total. The molecule has 4 amide bonds. The van der Waals surface area contributed by atoms with Crippen molar-refractivity contribution in [3.63, 3.8) is 0 Å². The van der Waals surface area contributed by atoms with Crippen molar-refractivity contribution in [1.29, 1.82) is 0 Å². The smallest absolute Gasteiger partial charge is 0.295 e. The average molecular weight is 428 g/mol. The summed E-state index contributed by atoms with van der Waals surface area (Å²) in [6, 6.07) is 14.5. The highest BCUT2D eigenvalue weighted by Crippen LogP contribution is 2.39. The van der Waals surface area contributed by atoms with Gasteiger partial charge in [0.2, 0.25) is 0 Å². The molecule has 0 radical (unpaired) electrons. The molecule has 0 saturated carbocycles. The van der Waals surface area contributed by atoms with E-state index in [1.54, 1.807) is 37.3 Å². The zero-order chi connectivity index (χ0) is 22.6.